The number of unbranched alkanes of at least 4 members (excludes halogenated alkanes) is 2. The molecule has 0 bridgehead atoms. The third-order valence-electron chi connectivity index (χ3n) is 8.49. The number of carbonyl (C=O) groups excluding carboxylic acids is 1. The number of para-hydroxylation sites is 2. The average Bonchev–Trinajstić information content (AvgIpc) is 3.37. The number of likely N-dealkylation sites (tertiary alicyclic amines) is 1. The van der Waals surface area contributed by atoms with Crippen LogP contribution in [0.2, 0.25) is 0 Å². The van der Waals surface area contributed by atoms with Crippen molar-refractivity contribution in [2.24, 2.45) is 0 Å². The molecule has 0 spiro atoms. The zero-order chi connectivity index (χ0) is 28.4. The fourth-order valence-electron chi connectivity index (χ4n) is 6.06. The number of nitrogens with zero attached hydrogens (tertiary/aromatic N) is 4. The lowest BCUT2D eigenvalue weighted by molar-refractivity contribution is 0.0782. The van der Waals surface area contributed by atoms with Crippen LogP contribution in [0.15, 0.2) is 84.9 Å². The van der Waals surface area contributed by atoms with Gasteiger partial charge in [-0.15, -0.1) is 0 Å². The van der Waals surface area contributed by atoms with Gasteiger partial charge < -0.3 is 19.7 Å². The second-order valence-electron chi connectivity index (χ2n) is 11.5. The Hall–Kier alpha value is -3.64. The van der Waals surface area contributed by atoms with Crippen LogP contribution in [-0.4, -0.2) is 64.5 Å². The van der Waals surface area contributed by atoms with Crippen molar-refractivity contribution in [3.05, 3.63) is 96.1 Å². The Labute approximate surface area is 245 Å². The number of fused-ring (bicyclic) bond motifs is 1. The molecule has 3 aromatic carbocycles. The van der Waals surface area contributed by atoms with E-state index in [0.29, 0.717) is 18.5 Å². The van der Waals surface area contributed by atoms with Crippen molar-refractivity contribution in [2.45, 2.75) is 64.0 Å². The van der Waals surface area contributed by atoms with Crippen LogP contribution in [0.25, 0.3) is 11.0 Å². The van der Waals surface area contributed by atoms with Crippen molar-refractivity contribution in [1.29, 1.82) is 0 Å². The van der Waals surface area contributed by atoms with E-state index in [4.69, 9.17) is 4.98 Å². The molecular formula is C35H45N5O. The lowest BCUT2D eigenvalue weighted by Crippen LogP contribution is -2.40. The Kier molecular flexibility index (Phi) is 10.1. The molecule has 1 saturated heterocycles. The maximum atomic E-state index is 13.1. The molecule has 6 nitrogen and oxygen atoms in total. The Bertz CT molecular complexity index is 1360. The molecule has 1 atom stereocenters. The molecule has 1 aliphatic heterocycles. The van der Waals surface area contributed by atoms with Gasteiger partial charge in [0.1, 0.15) is 0 Å². The number of benzene rings is 3. The van der Waals surface area contributed by atoms with E-state index in [1.807, 2.05) is 42.3 Å². The number of likely N-dealkylation sites (N-methyl/N-ethyl adjacent to an activating group) is 1. The largest absolute Gasteiger partial charge is 0.353 e. The molecular weight excluding hydrogens is 506 g/mol. The van der Waals surface area contributed by atoms with Gasteiger partial charge in [-0.05, 0) is 62.1 Å². The standard InChI is InChI=1S/C35H45N5O/c1-3-4-13-23-40-33-19-12-11-18-32(33)37-35(40)36-31-21-25-39(26-22-31)24-20-30(28-14-7-5-8-15-28)27-38(2)34(41)29-16-9-6-10-17-29/h5-12,14-19,30-31H,3-4,13,20-27H2,1-2H3,(H,36,37). The molecule has 0 aliphatic carbocycles. The van der Waals surface area contributed by atoms with Crippen LogP contribution in [0, 0.1) is 0 Å². The molecule has 0 radical (unpaired) electrons. The van der Waals surface area contributed by atoms with E-state index in [2.05, 4.69) is 76.3 Å². The third-order valence-corrected chi connectivity index (χ3v) is 8.49. The summed E-state index contributed by atoms with van der Waals surface area (Å²) in [7, 11) is 1.93. The number of hydrogen-bond acceptors (Lipinski definition) is 4. The number of hydrogen-bond donors (Lipinski definition) is 1. The third kappa shape index (κ3) is 7.56. The van der Waals surface area contributed by atoms with Gasteiger partial charge in [-0.1, -0.05) is 80.4 Å². The summed E-state index contributed by atoms with van der Waals surface area (Å²) in [4.78, 5) is 22.5. The van der Waals surface area contributed by atoms with Gasteiger partial charge >= 0.3 is 0 Å². The van der Waals surface area contributed by atoms with Crippen molar-refractivity contribution in [3.63, 3.8) is 0 Å². The molecule has 1 N–H and O–H groups in total. The van der Waals surface area contributed by atoms with Crippen molar-refractivity contribution in [1.82, 2.24) is 19.4 Å². The second kappa shape index (κ2) is 14.3. The van der Waals surface area contributed by atoms with Gasteiger partial charge in [0.25, 0.3) is 5.91 Å². The van der Waals surface area contributed by atoms with Gasteiger partial charge in [-0.2, -0.15) is 0 Å². The van der Waals surface area contributed by atoms with Crippen molar-refractivity contribution < 1.29 is 4.79 Å². The molecule has 0 saturated carbocycles. The van der Waals surface area contributed by atoms with Gasteiger partial charge in [-0.25, -0.2) is 4.98 Å². The van der Waals surface area contributed by atoms with Crippen LogP contribution in [0.1, 0.15) is 67.3 Å². The number of amides is 1. The van der Waals surface area contributed by atoms with E-state index in [9.17, 15) is 4.79 Å². The van der Waals surface area contributed by atoms with Crippen LogP contribution >= 0.6 is 0 Å². The number of carbonyl (C=O) groups is 1. The van der Waals surface area contributed by atoms with E-state index >= 15 is 0 Å². The highest BCUT2D eigenvalue weighted by Crippen LogP contribution is 2.25. The van der Waals surface area contributed by atoms with Gasteiger partial charge in [-0.3, -0.25) is 4.79 Å². The molecule has 2 heterocycles. The summed E-state index contributed by atoms with van der Waals surface area (Å²) in [5, 5.41) is 3.81. The molecule has 216 valence electrons. The van der Waals surface area contributed by atoms with E-state index in [1.165, 1.54) is 30.3 Å². The van der Waals surface area contributed by atoms with E-state index in [-0.39, 0.29) is 5.91 Å². The quantitative estimate of drug-likeness (QED) is 0.181. The first-order valence-electron chi connectivity index (χ1n) is 15.4. The zero-order valence-electron chi connectivity index (χ0n) is 24.7. The van der Waals surface area contributed by atoms with Crippen LogP contribution < -0.4 is 5.32 Å². The van der Waals surface area contributed by atoms with Gasteiger partial charge in [0.05, 0.1) is 11.0 Å². The number of aromatic nitrogens is 2. The number of piperidine rings is 1. The van der Waals surface area contributed by atoms with Crippen LogP contribution in [-0.2, 0) is 6.54 Å². The van der Waals surface area contributed by atoms with Crippen LogP contribution in [0.3, 0.4) is 0 Å². The monoisotopic (exact) mass is 551 g/mol. The summed E-state index contributed by atoms with van der Waals surface area (Å²) < 4.78 is 2.38. The second-order valence-corrected chi connectivity index (χ2v) is 11.5. The first-order valence-corrected chi connectivity index (χ1v) is 15.4. The molecule has 4 aromatic rings. The van der Waals surface area contributed by atoms with Gasteiger partial charge in [0.15, 0.2) is 0 Å². The lowest BCUT2D eigenvalue weighted by atomic mass is 9.94. The molecule has 5 rings (SSSR count). The van der Waals surface area contributed by atoms with Crippen LogP contribution in [0.4, 0.5) is 5.95 Å². The SMILES string of the molecule is CCCCCn1c(NC2CCN(CCC(CN(C)C(=O)c3ccccc3)c3ccccc3)CC2)nc2ccccc21. The number of nitrogens with one attached hydrogen (secondary N) is 1. The summed E-state index contributed by atoms with van der Waals surface area (Å²) in [5.74, 6) is 1.41. The van der Waals surface area contributed by atoms with Gasteiger partial charge in [0.2, 0.25) is 5.95 Å². The van der Waals surface area contributed by atoms with Crippen LogP contribution in [0.5, 0.6) is 0 Å². The Balaban J connectivity index is 1.17. The highest BCUT2D eigenvalue weighted by Gasteiger charge is 2.24. The Morgan fingerprint density at radius 3 is 2.34 bits per heavy atom. The first kappa shape index (κ1) is 28.9. The number of rotatable bonds is 13. The Morgan fingerprint density at radius 1 is 0.927 bits per heavy atom. The predicted octanol–water partition coefficient (Wildman–Crippen LogP) is 7.05. The normalized spacial score (nSPS) is 15.2. The fraction of sp³-hybridized carbons (Fsp3) is 0.429. The smallest absolute Gasteiger partial charge is 0.253 e. The minimum atomic E-state index is 0.0825. The predicted molar refractivity (Wildman–Crippen MR) is 170 cm³/mol. The first-order chi connectivity index (χ1) is 20.1. The lowest BCUT2D eigenvalue weighted by Gasteiger charge is -2.34. The molecule has 1 unspecified atom stereocenters. The van der Waals surface area contributed by atoms with E-state index in [1.54, 1.807) is 0 Å². The van der Waals surface area contributed by atoms with Gasteiger partial charge in [0, 0.05) is 50.7 Å². The summed E-state index contributed by atoms with van der Waals surface area (Å²) in [6.45, 7) is 7.17. The topological polar surface area (TPSA) is 53.4 Å². The molecule has 41 heavy (non-hydrogen) atoms. The maximum absolute atomic E-state index is 13.1. The molecule has 1 aromatic heterocycles. The van der Waals surface area contributed by atoms with Crippen molar-refractivity contribution in [2.75, 3.05) is 38.5 Å². The average molecular weight is 552 g/mol. The summed E-state index contributed by atoms with van der Waals surface area (Å²) in [6, 6.07) is 29.2. The minimum absolute atomic E-state index is 0.0825. The van der Waals surface area contributed by atoms with Crippen molar-refractivity contribution >= 4 is 22.9 Å². The van der Waals surface area contributed by atoms with Crippen molar-refractivity contribution in [3.8, 4) is 0 Å². The highest BCUT2D eigenvalue weighted by molar-refractivity contribution is 5.94. The fourth-order valence-corrected chi connectivity index (χ4v) is 6.06. The Morgan fingerprint density at radius 2 is 1.61 bits per heavy atom. The van der Waals surface area contributed by atoms with E-state index in [0.717, 1.165) is 62.5 Å². The highest BCUT2D eigenvalue weighted by atomic mass is 16.2. The number of aryl methyl sites for hydroxylation is 1. The summed E-state index contributed by atoms with van der Waals surface area (Å²) in [5.41, 5.74) is 4.35. The molecule has 1 fully saturated rings. The number of anilines is 1. The molecule has 1 amide bonds. The summed E-state index contributed by atoms with van der Waals surface area (Å²) in [6.07, 6.45) is 6.89. The molecule has 6 heteroatoms. The summed E-state index contributed by atoms with van der Waals surface area (Å²) >= 11 is 0. The zero-order valence-corrected chi connectivity index (χ0v) is 24.7. The van der Waals surface area contributed by atoms with E-state index < -0.39 is 0 Å². The maximum Gasteiger partial charge on any atom is 0.253 e. The number of imidazole rings is 1. The molecule has 1 aliphatic rings. The minimum Gasteiger partial charge on any atom is -0.353 e.